The maximum absolute atomic E-state index is 11.6. The Kier molecular flexibility index (Phi) is 8.04. The molecule has 0 atom stereocenters. The van der Waals surface area contributed by atoms with Gasteiger partial charge in [-0.15, -0.1) is 0 Å². The van der Waals surface area contributed by atoms with Crippen LogP contribution in [0, 0.1) is 5.92 Å². The molecule has 5 nitrogen and oxygen atoms in total. The molecule has 1 rings (SSSR count). The lowest BCUT2D eigenvalue weighted by Gasteiger charge is -2.12. The van der Waals surface area contributed by atoms with Crippen molar-refractivity contribution in [3.8, 4) is 0 Å². The normalized spacial score (nSPS) is 11.4. The van der Waals surface area contributed by atoms with E-state index in [1.165, 1.54) is 0 Å². The van der Waals surface area contributed by atoms with Gasteiger partial charge in [-0.2, -0.15) is 0 Å². The Balaban J connectivity index is 2.54. The molecule has 0 aliphatic rings. The summed E-state index contributed by atoms with van der Waals surface area (Å²) in [5.41, 5.74) is 1.83. The Labute approximate surface area is 133 Å². The molecule has 0 unspecified atom stereocenters. The van der Waals surface area contributed by atoms with Gasteiger partial charge in [0.15, 0.2) is 5.96 Å². The van der Waals surface area contributed by atoms with Crippen LogP contribution in [-0.2, 0) is 6.42 Å². The molecule has 0 aliphatic heterocycles. The van der Waals surface area contributed by atoms with Gasteiger partial charge >= 0.3 is 0 Å². The predicted octanol–water partition coefficient (Wildman–Crippen LogP) is 1.80. The van der Waals surface area contributed by atoms with Gasteiger partial charge in [0.05, 0.1) is 0 Å². The van der Waals surface area contributed by atoms with Crippen LogP contribution in [0.4, 0.5) is 0 Å². The lowest BCUT2D eigenvalue weighted by molar-refractivity contribution is 0.0963. The summed E-state index contributed by atoms with van der Waals surface area (Å²) in [4.78, 5) is 16.2. The van der Waals surface area contributed by atoms with Crippen LogP contribution in [-0.4, -0.2) is 38.5 Å². The van der Waals surface area contributed by atoms with E-state index in [-0.39, 0.29) is 5.91 Å². The van der Waals surface area contributed by atoms with Gasteiger partial charge in [0.1, 0.15) is 0 Å². The third-order valence-electron chi connectivity index (χ3n) is 3.08. The molecule has 1 amide bonds. The van der Waals surface area contributed by atoms with Gasteiger partial charge < -0.3 is 16.0 Å². The van der Waals surface area contributed by atoms with Crippen LogP contribution in [0.2, 0.25) is 0 Å². The monoisotopic (exact) mass is 304 g/mol. The summed E-state index contributed by atoms with van der Waals surface area (Å²) in [5.74, 6) is 1.33. The number of amides is 1. The van der Waals surface area contributed by atoms with E-state index in [2.05, 4.69) is 41.7 Å². The minimum atomic E-state index is -0.0540. The smallest absolute Gasteiger partial charge is 0.251 e. The summed E-state index contributed by atoms with van der Waals surface area (Å²) in [5, 5.41) is 9.21. The lowest BCUT2D eigenvalue weighted by atomic mass is 10.1. The Morgan fingerprint density at radius 1 is 1.27 bits per heavy atom. The standard InChI is InChI=1S/C17H28N4O/c1-5-19-17(21-12-13(2)3)20-10-9-14-7-6-8-15(11-14)16(22)18-4/h6-8,11,13H,5,9-10,12H2,1-4H3,(H,18,22)(H2,19,20,21). The number of carbonyl (C=O) groups is 1. The van der Waals surface area contributed by atoms with Gasteiger partial charge in [-0.25, -0.2) is 0 Å². The number of nitrogens with one attached hydrogen (secondary N) is 3. The second-order valence-corrected chi connectivity index (χ2v) is 5.57. The second-order valence-electron chi connectivity index (χ2n) is 5.57. The van der Waals surface area contributed by atoms with Crippen molar-refractivity contribution in [2.24, 2.45) is 10.9 Å². The van der Waals surface area contributed by atoms with E-state index in [0.717, 1.165) is 37.6 Å². The highest BCUT2D eigenvalue weighted by atomic mass is 16.1. The average Bonchev–Trinajstić information content (AvgIpc) is 2.52. The summed E-state index contributed by atoms with van der Waals surface area (Å²) in [7, 11) is 1.64. The number of aliphatic imine (C=N–C) groups is 1. The van der Waals surface area contributed by atoms with Crippen molar-refractivity contribution in [2.75, 3.05) is 26.7 Å². The number of nitrogens with zero attached hydrogens (tertiary/aromatic N) is 1. The molecular formula is C17H28N4O. The number of rotatable bonds is 7. The molecule has 5 heteroatoms. The minimum Gasteiger partial charge on any atom is -0.357 e. The largest absolute Gasteiger partial charge is 0.357 e. The Morgan fingerprint density at radius 3 is 2.68 bits per heavy atom. The molecule has 3 N–H and O–H groups in total. The first-order valence-corrected chi connectivity index (χ1v) is 7.90. The van der Waals surface area contributed by atoms with E-state index >= 15 is 0 Å². The molecule has 0 fully saturated rings. The summed E-state index contributed by atoms with van der Waals surface area (Å²) in [6.45, 7) is 8.78. The zero-order valence-electron chi connectivity index (χ0n) is 14.1. The number of carbonyl (C=O) groups excluding carboxylic acids is 1. The highest BCUT2D eigenvalue weighted by Crippen LogP contribution is 2.05. The van der Waals surface area contributed by atoms with Gasteiger partial charge in [-0.3, -0.25) is 9.79 Å². The van der Waals surface area contributed by atoms with E-state index in [9.17, 15) is 4.79 Å². The zero-order valence-corrected chi connectivity index (χ0v) is 14.1. The molecule has 0 spiro atoms. The first kappa shape index (κ1) is 18.0. The molecule has 0 aromatic heterocycles. The Hall–Kier alpha value is -2.04. The average molecular weight is 304 g/mol. The summed E-state index contributed by atoms with van der Waals surface area (Å²) in [6, 6.07) is 7.70. The van der Waals surface area contributed by atoms with Crippen molar-refractivity contribution in [3.63, 3.8) is 0 Å². The van der Waals surface area contributed by atoms with E-state index in [0.29, 0.717) is 11.5 Å². The van der Waals surface area contributed by atoms with Gasteiger partial charge in [-0.1, -0.05) is 26.0 Å². The highest BCUT2D eigenvalue weighted by Gasteiger charge is 2.04. The van der Waals surface area contributed by atoms with Gasteiger partial charge in [0, 0.05) is 32.2 Å². The Bertz CT molecular complexity index is 497. The molecule has 0 radical (unpaired) electrons. The van der Waals surface area contributed by atoms with Crippen molar-refractivity contribution in [3.05, 3.63) is 35.4 Å². The lowest BCUT2D eigenvalue weighted by Crippen LogP contribution is -2.38. The van der Waals surface area contributed by atoms with E-state index in [1.54, 1.807) is 7.05 Å². The third kappa shape index (κ3) is 6.61. The van der Waals surface area contributed by atoms with Gasteiger partial charge in [0.25, 0.3) is 5.91 Å². The number of benzene rings is 1. The van der Waals surface area contributed by atoms with E-state index < -0.39 is 0 Å². The predicted molar refractivity (Wildman–Crippen MR) is 92.4 cm³/mol. The van der Waals surface area contributed by atoms with Crippen molar-refractivity contribution in [2.45, 2.75) is 27.2 Å². The summed E-state index contributed by atoms with van der Waals surface area (Å²) in [6.07, 6.45) is 0.844. The van der Waals surface area contributed by atoms with Crippen LogP contribution in [0.3, 0.4) is 0 Å². The van der Waals surface area contributed by atoms with Crippen LogP contribution in [0.25, 0.3) is 0 Å². The maximum Gasteiger partial charge on any atom is 0.251 e. The fourth-order valence-corrected chi connectivity index (χ4v) is 1.95. The topological polar surface area (TPSA) is 65.5 Å². The molecule has 0 bridgehead atoms. The van der Waals surface area contributed by atoms with Crippen molar-refractivity contribution >= 4 is 11.9 Å². The quantitative estimate of drug-likeness (QED) is 0.531. The molecule has 1 aromatic rings. The molecule has 0 heterocycles. The maximum atomic E-state index is 11.6. The van der Waals surface area contributed by atoms with Crippen LogP contribution in [0.5, 0.6) is 0 Å². The molecule has 0 aliphatic carbocycles. The summed E-state index contributed by atoms with van der Waals surface area (Å²) >= 11 is 0. The number of guanidine groups is 1. The summed E-state index contributed by atoms with van der Waals surface area (Å²) < 4.78 is 0. The zero-order chi connectivity index (χ0) is 16.4. The minimum absolute atomic E-state index is 0.0540. The van der Waals surface area contributed by atoms with Crippen LogP contribution in [0.1, 0.15) is 36.7 Å². The van der Waals surface area contributed by atoms with Crippen LogP contribution >= 0.6 is 0 Å². The van der Waals surface area contributed by atoms with E-state index in [1.807, 2.05) is 24.3 Å². The van der Waals surface area contributed by atoms with Gasteiger partial charge in [0.2, 0.25) is 0 Å². The number of hydrogen-bond donors (Lipinski definition) is 3. The molecular weight excluding hydrogens is 276 g/mol. The first-order valence-electron chi connectivity index (χ1n) is 7.90. The molecule has 0 saturated carbocycles. The Morgan fingerprint density at radius 2 is 2.05 bits per heavy atom. The first-order chi connectivity index (χ1) is 10.6. The van der Waals surface area contributed by atoms with Crippen molar-refractivity contribution in [1.82, 2.24) is 16.0 Å². The molecule has 122 valence electrons. The van der Waals surface area contributed by atoms with Crippen LogP contribution in [0.15, 0.2) is 29.3 Å². The van der Waals surface area contributed by atoms with Crippen LogP contribution < -0.4 is 16.0 Å². The molecule has 0 saturated heterocycles. The third-order valence-corrected chi connectivity index (χ3v) is 3.08. The van der Waals surface area contributed by atoms with Gasteiger partial charge in [-0.05, 0) is 37.0 Å². The fraction of sp³-hybridized carbons (Fsp3) is 0.529. The highest BCUT2D eigenvalue weighted by molar-refractivity contribution is 5.94. The SMILES string of the molecule is CCNC(=NCC(C)C)NCCc1cccc(C(=O)NC)c1. The number of hydrogen-bond acceptors (Lipinski definition) is 2. The molecule has 22 heavy (non-hydrogen) atoms. The molecule has 1 aromatic carbocycles. The fourth-order valence-electron chi connectivity index (χ4n) is 1.95. The van der Waals surface area contributed by atoms with E-state index in [4.69, 9.17) is 0 Å². The second kappa shape index (κ2) is 9.82. The van der Waals surface area contributed by atoms with Crippen molar-refractivity contribution in [1.29, 1.82) is 0 Å². The van der Waals surface area contributed by atoms with Crippen molar-refractivity contribution < 1.29 is 4.79 Å².